The standard InChI is InChI=1S/C4H6S7/c1-3(7-5-1)9-11-10-4-2-6-8-4/h3-4H,1-2H2. The van der Waals surface area contributed by atoms with Crippen LogP contribution in [0.2, 0.25) is 0 Å². The lowest BCUT2D eigenvalue weighted by atomic mass is 10.9. The summed E-state index contributed by atoms with van der Waals surface area (Å²) in [5.41, 5.74) is 0. The highest BCUT2D eigenvalue weighted by molar-refractivity contribution is 9.12. The van der Waals surface area contributed by atoms with Gasteiger partial charge in [0.05, 0.1) is 9.16 Å². The first-order valence-electron chi connectivity index (χ1n) is 3.00. The summed E-state index contributed by atoms with van der Waals surface area (Å²) in [7, 11) is 14.1. The molecule has 0 bridgehead atoms. The Bertz CT molecular complexity index is 106. The average Bonchev–Trinajstić information content (AvgIpc) is 1.79. The third-order valence-electron chi connectivity index (χ3n) is 1.05. The summed E-state index contributed by atoms with van der Waals surface area (Å²) in [5, 5.41) is 0. The van der Waals surface area contributed by atoms with Gasteiger partial charge in [-0.2, -0.15) is 0 Å². The Morgan fingerprint density at radius 2 is 1.36 bits per heavy atom. The van der Waals surface area contributed by atoms with E-state index in [-0.39, 0.29) is 0 Å². The predicted molar refractivity (Wildman–Crippen MR) is 70.4 cm³/mol. The first-order valence-corrected chi connectivity index (χ1v) is 11.4. The van der Waals surface area contributed by atoms with Gasteiger partial charge in [0.25, 0.3) is 0 Å². The molecule has 0 radical (unpaired) electrons. The summed E-state index contributed by atoms with van der Waals surface area (Å²) >= 11 is 0. The normalized spacial score (nSPS) is 36.0. The highest BCUT2D eigenvalue weighted by Gasteiger charge is 2.24. The first-order chi connectivity index (χ1) is 5.45. The molecule has 0 aliphatic carbocycles. The average molecular weight is 279 g/mol. The van der Waals surface area contributed by atoms with Crippen molar-refractivity contribution in [2.24, 2.45) is 0 Å². The van der Waals surface area contributed by atoms with Crippen LogP contribution in [0.3, 0.4) is 0 Å². The Kier molecular flexibility index (Phi) is 4.87. The molecule has 0 aromatic carbocycles. The quantitative estimate of drug-likeness (QED) is 0.687. The van der Waals surface area contributed by atoms with Crippen molar-refractivity contribution in [1.29, 1.82) is 0 Å². The van der Waals surface area contributed by atoms with Crippen LogP contribution in [0.15, 0.2) is 0 Å². The van der Waals surface area contributed by atoms with E-state index in [1.54, 1.807) is 0 Å². The van der Waals surface area contributed by atoms with Gasteiger partial charge in [-0.1, -0.05) is 64.8 Å². The summed E-state index contributed by atoms with van der Waals surface area (Å²) in [6.07, 6.45) is 0. The molecule has 2 fully saturated rings. The highest BCUT2D eigenvalue weighted by Crippen LogP contribution is 2.57. The topological polar surface area (TPSA) is 0 Å². The second kappa shape index (κ2) is 5.36. The number of hydrogen-bond acceptors (Lipinski definition) is 7. The maximum Gasteiger partial charge on any atom is 0.0816 e. The molecule has 0 aromatic heterocycles. The van der Waals surface area contributed by atoms with Crippen molar-refractivity contribution >= 4 is 74.6 Å². The molecule has 64 valence electrons. The Labute approximate surface area is 94.3 Å². The number of rotatable bonds is 4. The molecule has 2 aliphatic rings. The van der Waals surface area contributed by atoms with E-state index < -0.39 is 0 Å². The molecule has 2 atom stereocenters. The molecule has 11 heavy (non-hydrogen) atoms. The van der Waals surface area contributed by atoms with Gasteiger partial charge < -0.3 is 0 Å². The Hall–Kier alpha value is 2.45. The molecule has 0 amide bonds. The van der Waals surface area contributed by atoms with Crippen LogP contribution in [0, 0.1) is 0 Å². The zero-order valence-corrected chi connectivity index (χ0v) is 11.1. The van der Waals surface area contributed by atoms with Crippen molar-refractivity contribution in [3.63, 3.8) is 0 Å². The smallest absolute Gasteiger partial charge is 0.0816 e. The van der Waals surface area contributed by atoms with Gasteiger partial charge in [-0.05, 0) is 9.83 Å². The molecule has 0 saturated carbocycles. The van der Waals surface area contributed by atoms with Crippen LogP contribution in [0.5, 0.6) is 0 Å². The SMILES string of the molecule is C1SSC1SSSC1CSS1. The minimum absolute atomic E-state index is 0.871. The van der Waals surface area contributed by atoms with Crippen LogP contribution in [0.4, 0.5) is 0 Å². The van der Waals surface area contributed by atoms with E-state index in [1.807, 2.05) is 74.6 Å². The van der Waals surface area contributed by atoms with Crippen LogP contribution >= 0.6 is 74.6 Å². The van der Waals surface area contributed by atoms with E-state index in [2.05, 4.69) is 0 Å². The van der Waals surface area contributed by atoms with Gasteiger partial charge in [0.2, 0.25) is 0 Å². The van der Waals surface area contributed by atoms with Gasteiger partial charge in [-0.25, -0.2) is 0 Å². The maximum absolute atomic E-state index is 2.04. The lowest BCUT2D eigenvalue weighted by Crippen LogP contribution is -2.07. The van der Waals surface area contributed by atoms with E-state index in [9.17, 15) is 0 Å². The summed E-state index contributed by atoms with van der Waals surface area (Å²) < 4.78 is 1.74. The van der Waals surface area contributed by atoms with Gasteiger partial charge >= 0.3 is 0 Å². The molecule has 2 saturated heterocycles. The van der Waals surface area contributed by atoms with E-state index in [0.29, 0.717) is 0 Å². The Balaban J connectivity index is 1.46. The highest BCUT2D eigenvalue weighted by atomic mass is 33.5. The van der Waals surface area contributed by atoms with Crippen molar-refractivity contribution < 1.29 is 0 Å². The van der Waals surface area contributed by atoms with Crippen molar-refractivity contribution in [1.82, 2.24) is 0 Å². The molecule has 2 heterocycles. The third-order valence-corrected chi connectivity index (χ3v) is 13.7. The molecule has 0 N–H and O–H groups in total. The lowest BCUT2D eigenvalue weighted by Gasteiger charge is -2.25. The van der Waals surface area contributed by atoms with Gasteiger partial charge in [0.1, 0.15) is 0 Å². The largest absolute Gasteiger partial charge is 0.0909 e. The van der Waals surface area contributed by atoms with Gasteiger partial charge in [0, 0.05) is 11.5 Å². The van der Waals surface area contributed by atoms with Crippen LogP contribution in [-0.4, -0.2) is 20.7 Å². The lowest BCUT2D eigenvalue weighted by molar-refractivity contribution is 1.46. The minimum atomic E-state index is 0.871. The van der Waals surface area contributed by atoms with E-state index in [1.165, 1.54) is 11.5 Å². The molecule has 7 heteroatoms. The van der Waals surface area contributed by atoms with E-state index >= 15 is 0 Å². The molecular weight excluding hydrogens is 273 g/mol. The van der Waals surface area contributed by atoms with Crippen LogP contribution in [0.1, 0.15) is 0 Å². The maximum atomic E-state index is 2.04. The molecule has 2 unspecified atom stereocenters. The summed E-state index contributed by atoms with van der Waals surface area (Å²) in [4.78, 5) is 0. The molecular formula is C4H6S7. The molecule has 0 spiro atoms. The predicted octanol–water partition coefficient (Wildman–Crippen LogP) is 4.46. The first kappa shape index (κ1) is 9.98. The monoisotopic (exact) mass is 278 g/mol. The minimum Gasteiger partial charge on any atom is -0.0909 e. The van der Waals surface area contributed by atoms with Gasteiger partial charge in [-0.3, -0.25) is 0 Å². The Morgan fingerprint density at radius 1 is 0.909 bits per heavy atom. The molecule has 0 aromatic rings. The van der Waals surface area contributed by atoms with Crippen molar-refractivity contribution in [2.75, 3.05) is 11.5 Å². The zero-order valence-electron chi connectivity index (χ0n) is 5.43. The van der Waals surface area contributed by atoms with Crippen molar-refractivity contribution in [3.8, 4) is 0 Å². The van der Waals surface area contributed by atoms with Crippen LogP contribution in [0.25, 0.3) is 0 Å². The Morgan fingerprint density at radius 3 is 1.64 bits per heavy atom. The second-order valence-corrected chi connectivity index (χ2v) is 12.2. The van der Waals surface area contributed by atoms with Gasteiger partial charge in [0.15, 0.2) is 0 Å². The fourth-order valence-corrected chi connectivity index (χ4v) is 13.0. The number of hydrogen-bond donors (Lipinski definition) is 0. The van der Waals surface area contributed by atoms with Crippen LogP contribution < -0.4 is 0 Å². The fraction of sp³-hybridized carbons (Fsp3) is 1.00. The van der Waals surface area contributed by atoms with Gasteiger partial charge in [-0.15, -0.1) is 0 Å². The van der Waals surface area contributed by atoms with E-state index in [4.69, 9.17) is 0 Å². The molecule has 2 rings (SSSR count). The molecule has 0 nitrogen and oxygen atoms in total. The summed E-state index contributed by atoms with van der Waals surface area (Å²) in [6, 6.07) is 0. The van der Waals surface area contributed by atoms with Crippen molar-refractivity contribution in [2.45, 2.75) is 9.16 Å². The second-order valence-electron chi connectivity index (χ2n) is 1.88. The fourth-order valence-electron chi connectivity index (χ4n) is 0.445. The summed E-state index contributed by atoms with van der Waals surface area (Å²) in [6.45, 7) is 0. The van der Waals surface area contributed by atoms with E-state index in [0.717, 1.165) is 9.16 Å². The van der Waals surface area contributed by atoms with Crippen molar-refractivity contribution in [3.05, 3.63) is 0 Å². The third kappa shape index (κ3) is 3.25. The summed E-state index contributed by atoms with van der Waals surface area (Å²) in [5.74, 6) is 2.69. The zero-order chi connectivity index (χ0) is 7.52. The van der Waals surface area contributed by atoms with Crippen LogP contribution in [-0.2, 0) is 0 Å². The molecule has 2 aliphatic heterocycles.